The first-order valence-corrected chi connectivity index (χ1v) is 5.76. The highest BCUT2D eigenvalue weighted by atomic mass is 16.4. The van der Waals surface area contributed by atoms with E-state index in [0.29, 0.717) is 12.1 Å². The summed E-state index contributed by atoms with van der Waals surface area (Å²) in [5.74, 6) is -0.344. The van der Waals surface area contributed by atoms with Gasteiger partial charge in [0.05, 0.1) is 18.1 Å². The van der Waals surface area contributed by atoms with Gasteiger partial charge in [-0.25, -0.2) is 4.79 Å². The molecule has 0 atom stereocenters. The van der Waals surface area contributed by atoms with Crippen molar-refractivity contribution in [1.82, 2.24) is 9.47 Å². The molecule has 0 saturated carbocycles. The molecule has 1 aromatic heterocycles. The number of rotatable bonds is 4. The minimum Gasteiger partial charge on any atom is -0.408 e. The number of likely N-dealkylation sites (N-methyl/N-ethyl adjacent to an activating group) is 1. The molecule has 5 heteroatoms. The van der Waals surface area contributed by atoms with Crippen molar-refractivity contribution in [3.63, 3.8) is 0 Å². The minimum absolute atomic E-state index is 0.344. The normalized spacial score (nSPS) is 11.0. The Morgan fingerprint density at radius 1 is 1.50 bits per heavy atom. The molecule has 5 nitrogen and oxygen atoms in total. The number of fused-ring (bicyclic) bond motifs is 1. The fraction of sp³-hybridized carbons (Fsp3) is 0.385. The molecule has 0 N–H and O–H groups in total. The van der Waals surface area contributed by atoms with Crippen molar-refractivity contribution in [3.8, 4) is 6.07 Å². The fourth-order valence-electron chi connectivity index (χ4n) is 1.85. The van der Waals surface area contributed by atoms with Crippen LogP contribution >= 0.6 is 0 Å². The summed E-state index contributed by atoms with van der Waals surface area (Å²) in [6.45, 7) is 1.22. The third-order valence-electron chi connectivity index (χ3n) is 2.98. The van der Waals surface area contributed by atoms with E-state index >= 15 is 0 Å². The maximum atomic E-state index is 11.4. The maximum absolute atomic E-state index is 11.4. The van der Waals surface area contributed by atoms with E-state index in [-0.39, 0.29) is 5.76 Å². The van der Waals surface area contributed by atoms with Gasteiger partial charge in [0.2, 0.25) is 0 Å². The molecule has 0 unspecified atom stereocenters. The first-order valence-electron chi connectivity index (χ1n) is 5.76. The lowest BCUT2D eigenvalue weighted by molar-refractivity contribution is 0.379. The third-order valence-corrected chi connectivity index (χ3v) is 2.98. The van der Waals surface area contributed by atoms with Crippen LogP contribution in [0.4, 0.5) is 0 Å². The van der Waals surface area contributed by atoms with Crippen molar-refractivity contribution in [3.05, 3.63) is 34.3 Å². The van der Waals surface area contributed by atoms with Crippen molar-refractivity contribution >= 4 is 11.1 Å². The predicted molar refractivity (Wildman–Crippen MR) is 68.3 cm³/mol. The van der Waals surface area contributed by atoms with E-state index in [9.17, 15) is 4.79 Å². The molecule has 0 amide bonds. The first kappa shape index (κ1) is 12.4. The number of hydrogen-bond acceptors (Lipinski definition) is 4. The molecule has 2 rings (SSSR count). The zero-order chi connectivity index (χ0) is 13.1. The molecule has 0 aliphatic rings. The number of aromatic nitrogens is 1. The molecule has 0 bridgehead atoms. The van der Waals surface area contributed by atoms with Crippen LogP contribution in [-0.4, -0.2) is 29.6 Å². The number of oxazole rings is 1. The molecule has 94 valence electrons. The van der Waals surface area contributed by atoms with Gasteiger partial charge in [-0.15, -0.1) is 0 Å². The van der Waals surface area contributed by atoms with E-state index < -0.39 is 0 Å². The lowest BCUT2D eigenvalue weighted by atomic mass is 10.1. The highest BCUT2D eigenvalue weighted by Crippen LogP contribution is 2.14. The summed E-state index contributed by atoms with van der Waals surface area (Å²) in [6.07, 6.45) is 0.826. The number of nitriles is 1. The van der Waals surface area contributed by atoms with Crippen LogP contribution < -0.4 is 5.76 Å². The van der Waals surface area contributed by atoms with Gasteiger partial charge in [0.15, 0.2) is 5.58 Å². The summed E-state index contributed by atoms with van der Waals surface area (Å²) in [5, 5.41) is 8.56. The third kappa shape index (κ3) is 2.44. The van der Waals surface area contributed by atoms with Gasteiger partial charge in [-0.3, -0.25) is 9.47 Å². The highest BCUT2D eigenvalue weighted by molar-refractivity contribution is 5.73. The number of hydrogen-bond donors (Lipinski definition) is 0. The Bertz CT molecular complexity index is 648. The van der Waals surface area contributed by atoms with Gasteiger partial charge in [-0.05, 0) is 31.2 Å². The van der Waals surface area contributed by atoms with E-state index in [1.165, 1.54) is 4.57 Å². The van der Waals surface area contributed by atoms with Crippen LogP contribution in [0.3, 0.4) is 0 Å². The molecule has 0 aliphatic heterocycles. The van der Waals surface area contributed by atoms with Crippen LogP contribution in [0.2, 0.25) is 0 Å². The Kier molecular flexibility index (Phi) is 3.49. The largest absolute Gasteiger partial charge is 0.419 e. The minimum atomic E-state index is -0.344. The second-order valence-corrected chi connectivity index (χ2v) is 4.37. The molecule has 18 heavy (non-hydrogen) atoms. The Morgan fingerprint density at radius 2 is 2.28 bits per heavy atom. The lowest BCUT2D eigenvalue weighted by Crippen LogP contribution is -2.21. The van der Waals surface area contributed by atoms with Crippen LogP contribution in [-0.2, 0) is 13.5 Å². The average Bonchev–Trinajstić information content (AvgIpc) is 2.63. The van der Waals surface area contributed by atoms with Crippen molar-refractivity contribution < 1.29 is 4.42 Å². The van der Waals surface area contributed by atoms with E-state index in [0.717, 1.165) is 24.0 Å². The molecule has 0 radical (unpaired) electrons. The van der Waals surface area contributed by atoms with E-state index in [1.807, 2.05) is 30.1 Å². The van der Waals surface area contributed by atoms with E-state index in [4.69, 9.17) is 9.68 Å². The molecule has 2 aromatic rings. The first-order chi connectivity index (χ1) is 8.61. The monoisotopic (exact) mass is 245 g/mol. The van der Waals surface area contributed by atoms with Crippen LogP contribution in [0.25, 0.3) is 11.1 Å². The fourth-order valence-corrected chi connectivity index (χ4v) is 1.85. The van der Waals surface area contributed by atoms with Gasteiger partial charge in [-0.1, -0.05) is 6.07 Å². The highest BCUT2D eigenvalue weighted by Gasteiger charge is 2.06. The van der Waals surface area contributed by atoms with Crippen LogP contribution in [0.1, 0.15) is 5.56 Å². The van der Waals surface area contributed by atoms with Gasteiger partial charge in [0.25, 0.3) is 0 Å². The van der Waals surface area contributed by atoms with Gasteiger partial charge < -0.3 is 4.42 Å². The lowest BCUT2D eigenvalue weighted by Gasteiger charge is -2.11. The summed E-state index contributed by atoms with van der Waals surface area (Å²) >= 11 is 0. The van der Waals surface area contributed by atoms with Crippen molar-refractivity contribution in [2.45, 2.75) is 6.42 Å². The van der Waals surface area contributed by atoms with Crippen molar-refractivity contribution in [2.24, 2.45) is 7.05 Å². The molecule has 1 aromatic carbocycles. The SMILES string of the molecule is CN(CC#N)CCc1ccc2c(c1)oc(=O)n2C. The number of benzene rings is 1. The van der Waals surface area contributed by atoms with Crippen LogP contribution in [0.15, 0.2) is 27.4 Å². The smallest absolute Gasteiger partial charge is 0.408 e. The van der Waals surface area contributed by atoms with E-state index in [2.05, 4.69) is 6.07 Å². The molecule has 0 saturated heterocycles. The van der Waals surface area contributed by atoms with Gasteiger partial charge in [0, 0.05) is 13.6 Å². The van der Waals surface area contributed by atoms with Crippen LogP contribution in [0, 0.1) is 11.3 Å². The predicted octanol–water partition coefficient (Wildman–Crippen LogP) is 1.13. The standard InChI is InChI=1S/C13H15N3O2/c1-15(8-6-14)7-5-10-3-4-11-12(9-10)18-13(17)16(11)2/h3-4,9H,5,7-8H2,1-2H3. The topological polar surface area (TPSA) is 62.2 Å². The second-order valence-electron chi connectivity index (χ2n) is 4.37. The van der Waals surface area contributed by atoms with E-state index in [1.54, 1.807) is 7.05 Å². The van der Waals surface area contributed by atoms with Gasteiger partial charge in [-0.2, -0.15) is 5.26 Å². The van der Waals surface area contributed by atoms with Crippen molar-refractivity contribution in [1.29, 1.82) is 5.26 Å². The molecule has 1 heterocycles. The summed E-state index contributed by atoms with van der Waals surface area (Å²) in [6, 6.07) is 7.87. The summed E-state index contributed by atoms with van der Waals surface area (Å²) in [7, 11) is 3.60. The Morgan fingerprint density at radius 3 is 3.00 bits per heavy atom. The number of nitrogens with zero attached hydrogens (tertiary/aromatic N) is 3. The maximum Gasteiger partial charge on any atom is 0.419 e. The molecule has 0 fully saturated rings. The molecule has 0 spiro atoms. The number of aryl methyl sites for hydroxylation is 1. The zero-order valence-electron chi connectivity index (χ0n) is 10.5. The van der Waals surface area contributed by atoms with Crippen LogP contribution in [0.5, 0.6) is 0 Å². The van der Waals surface area contributed by atoms with Gasteiger partial charge in [0.1, 0.15) is 0 Å². The van der Waals surface area contributed by atoms with Crippen molar-refractivity contribution in [2.75, 3.05) is 20.1 Å². The Hall–Kier alpha value is -2.06. The molecular weight excluding hydrogens is 230 g/mol. The molecular formula is C13H15N3O2. The zero-order valence-corrected chi connectivity index (χ0v) is 10.5. The average molecular weight is 245 g/mol. The van der Waals surface area contributed by atoms with Gasteiger partial charge >= 0.3 is 5.76 Å². The molecule has 0 aliphatic carbocycles. The quantitative estimate of drug-likeness (QED) is 0.757. The summed E-state index contributed by atoms with van der Waals surface area (Å²) < 4.78 is 6.62. The Balaban J connectivity index is 2.16. The summed E-state index contributed by atoms with van der Waals surface area (Å²) in [4.78, 5) is 13.3. The summed E-state index contributed by atoms with van der Waals surface area (Å²) in [5.41, 5.74) is 2.51. The second kappa shape index (κ2) is 5.07. The Labute approximate surface area is 105 Å².